The maximum atomic E-state index is 13.3. The summed E-state index contributed by atoms with van der Waals surface area (Å²) in [7, 11) is 0.221. The Labute approximate surface area is 186 Å². The molecule has 6 heteroatoms. The van der Waals surface area contributed by atoms with Crippen molar-refractivity contribution in [1.82, 2.24) is 5.32 Å². The first kappa shape index (κ1) is 23.2. The van der Waals surface area contributed by atoms with Crippen molar-refractivity contribution < 1.29 is 19.1 Å². The maximum absolute atomic E-state index is 13.3. The van der Waals surface area contributed by atoms with Crippen LogP contribution in [0.3, 0.4) is 0 Å². The molecule has 2 aromatic rings. The Kier molecular flexibility index (Phi) is 7.67. The molecule has 0 radical (unpaired) electrons. The number of benzene rings is 2. The highest BCUT2D eigenvalue weighted by Crippen LogP contribution is 2.22. The van der Waals surface area contributed by atoms with Crippen LogP contribution in [-0.4, -0.2) is 40.1 Å². The van der Waals surface area contributed by atoms with E-state index in [4.69, 9.17) is 9.47 Å². The fourth-order valence-electron chi connectivity index (χ4n) is 3.80. The van der Waals surface area contributed by atoms with Gasteiger partial charge < -0.3 is 14.8 Å². The van der Waals surface area contributed by atoms with Crippen molar-refractivity contribution in [2.75, 3.05) is 20.3 Å². The standard InChI is InChI=1S/C25H33NO4Si/c1-29-21-9-7-20(8-10-21)25(26-24(28)16-19-13-14-30-17-19)23(27)15-18-5-11-22(12-6-18)31(2,3)4/h5-12,19,25H,13-17H2,1-4H3,(H,26,28). The Bertz CT molecular complexity index is 881. The number of Topliss-reactive ketones (excluding diaryl/α,β-unsaturated/α-hetero) is 1. The summed E-state index contributed by atoms with van der Waals surface area (Å²) in [5, 5.41) is 4.34. The van der Waals surface area contributed by atoms with Gasteiger partial charge in [-0.05, 0) is 35.6 Å². The van der Waals surface area contributed by atoms with Gasteiger partial charge in [0.1, 0.15) is 11.8 Å². The fourth-order valence-corrected chi connectivity index (χ4v) is 4.97. The predicted molar refractivity (Wildman–Crippen MR) is 126 cm³/mol. The number of hydrogen-bond donors (Lipinski definition) is 1. The van der Waals surface area contributed by atoms with Gasteiger partial charge in [0.25, 0.3) is 0 Å². The van der Waals surface area contributed by atoms with Gasteiger partial charge in [0, 0.05) is 26.1 Å². The minimum Gasteiger partial charge on any atom is -0.497 e. The molecule has 2 unspecified atom stereocenters. The van der Waals surface area contributed by atoms with E-state index in [1.807, 2.05) is 36.4 Å². The molecule has 2 atom stereocenters. The molecule has 0 saturated carbocycles. The summed E-state index contributed by atoms with van der Waals surface area (Å²) in [6, 6.07) is 15.0. The molecule has 2 aromatic carbocycles. The van der Waals surface area contributed by atoms with Crippen molar-refractivity contribution >= 4 is 25.0 Å². The molecule has 1 aliphatic rings. The van der Waals surface area contributed by atoms with Crippen molar-refractivity contribution in [1.29, 1.82) is 0 Å². The molecular formula is C25H33NO4Si. The smallest absolute Gasteiger partial charge is 0.221 e. The Morgan fingerprint density at radius 1 is 1.10 bits per heavy atom. The van der Waals surface area contributed by atoms with Crippen LogP contribution in [0.15, 0.2) is 48.5 Å². The third kappa shape index (κ3) is 6.52. The summed E-state index contributed by atoms with van der Waals surface area (Å²) in [6.07, 6.45) is 1.54. The van der Waals surface area contributed by atoms with Crippen LogP contribution in [0.4, 0.5) is 0 Å². The van der Waals surface area contributed by atoms with Gasteiger partial charge in [0.05, 0.1) is 15.2 Å². The Morgan fingerprint density at radius 3 is 2.32 bits per heavy atom. The lowest BCUT2D eigenvalue weighted by molar-refractivity contribution is -0.128. The molecule has 166 valence electrons. The van der Waals surface area contributed by atoms with E-state index in [2.05, 4.69) is 37.1 Å². The van der Waals surface area contributed by atoms with Gasteiger partial charge in [-0.3, -0.25) is 9.59 Å². The van der Waals surface area contributed by atoms with Gasteiger partial charge >= 0.3 is 0 Å². The number of carbonyl (C=O) groups excluding carboxylic acids is 2. The van der Waals surface area contributed by atoms with E-state index in [1.54, 1.807) is 7.11 Å². The molecular weight excluding hydrogens is 406 g/mol. The van der Waals surface area contributed by atoms with E-state index in [0.29, 0.717) is 25.4 Å². The molecule has 0 aromatic heterocycles. The highest BCUT2D eigenvalue weighted by atomic mass is 28.3. The topological polar surface area (TPSA) is 64.6 Å². The monoisotopic (exact) mass is 439 g/mol. The molecule has 1 amide bonds. The molecule has 31 heavy (non-hydrogen) atoms. The normalized spacial score (nSPS) is 17.2. The number of nitrogens with one attached hydrogen (secondary N) is 1. The van der Waals surface area contributed by atoms with Gasteiger partial charge in [-0.1, -0.05) is 61.2 Å². The molecule has 0 bridgehead atoms. The van der Waals surface area contributed by atoms with Crippen LogP contribution in [-0.2, 0) is 20.7 Å². The predicted octanol–water partition coefficient (Wildman–Crippen LogP) is 3.64. The zero-order valence-electron chi connectivity index (χ0n) is 18.9. The third-order valence-electron chi connectivity index (χ3n) is 5.77. The average molecular weight is 440 g/mol. The van der Waals surface area contributed by atoms with Crippen LogP contribution in [0.25, 0.3) is 0 Å². The van der Waals surface area contributed by atoms with Gasteiger partial charge in [0.2, 0.25) is 5.91 Å². The number of ether oxygens (including phenoxy) is 2. The van der Waals surface area contributed by atoms with Gasteiger partial charge in [0.15, 0.2) is 5.78 Å². The molecule has 1 fully saturated rings. The zero-order valence-corrected chi connectivity index (χ0v) is 19.9. The first-order chi connectivity index (χ1) is 14.8. The Hall–Kier alpha value is -2.44. The van der Waals surface area contributed by atoms with E-state index in [-0.39, 0.29) is 24.0 Å². The van der Waals surface area contributed by atoms with Crippen LogP contribution < -0.4 is 15.2 Å². The minimum absolute atomic E-state index is 0.0260. The van der Waals surface area contributed by atoms with Crippen LogP contribution >= 0.6 is 0 Å². The number of methoxy groups -OCH3 is 1. The van der Waals surface area contributed by atoms with Crippen LogP contribution in [0.2, 0.25) is 19.6 Å². The van der Waals surface area contributed by atoms with Crippen molar-refractivity contribution in [2.45, 2.75) is 44.9 Å². The largest absolute Gasteiger partial charge is 0.497 e. The molecule has 0 aliphatic carbocycles. The summed E-state index contributed by atoms with van der Waals surface area (Å²) in [4.78, 5) is 25.9. The van der Waals surface area contributed by atoms with Crippen molar-refractivity contribution in [3.05, 3.63) is 59.7 Å². The molecule has 3 rings (SSSR count). The second-order valence-electron chi connectivity index (χ2n) is 9.30. The summed E-state index contributed by atoms with van der Waals surface area (Å²) >= 11 is 0. The average Bonchev–Trinajstić information content (AvgIpc) is 3.25. The summed E-state index contributed by atoms with van der Waals surface area (Å²) in [5.74, 6) is 0.799. The molecule has 1 aliphatic heterocycles. The van der Waals surface area contributed by atoms with Gasteiger partial charge in [-0.15, -0.1) is 0 Å². The Balaban J connectivity index is 1.75. The molecule has 1 heterocycles. The lowest BCUT2D eigenvalue weighted by atomic mass is 9.96. The molecule has 5 nitrogen and oxygen atoms in total. The number of carbonyl (C=O) groups is 2. The molecule has 0 spiro atoms. The van der Waals surface area contributed by atoms with Gasteiger partial charge in [-0.25, -0.2) is 0 Å². The second-order valence-corrected chi connectivity index (χ2v) is 14.4. The van der Waals surface area contributed by atoms with Crippen LogP contribution in [0.1, 0.15) is 30.0 Å². The summed E-state index contributed by atoms with van der Waals surface area (Å²) in [5.41, 5.74) is 1.73. The Morgan fingerprint density at radius 2 is 1.77 bits per heavy atom. The number of ketones is 1. The quantitative estimate of drug-likeness (QED) is 0.606. The van der Waals surface area contributed by atoms with Crippen molar-refractivity contribution in [3.63, 3.8) is 0 Å². The lowest BCUT2D eigenvalue weighted by Gasteiger charge is -2.20. The maximum Gasteiger partial charge on any atom is 0.221 e. The number of hydrogen-bond acceptors (Lipinski definition) is 4. The zero-order chi connectivity index (χ0) is 22.4. The van der Waals surface area contributed by atoms with E-state index >= 15 is 0 Å². The van der Waals surface area contributed by atoms with E-state index in [0.717, 1.165) is 17.5 Å². The number of rotatable bonds is 9. The van der Waals surface area contributed by atoms with E-state index in [1.165, 1.54) is 5.19 Å². The second kappa shape index (κ2) is 10.2. The summed E-state index contributed by atoms with van der Waals surface area (Å²) < 4.78 is 10.6. The SMILES string of the molecule is COc1ccc(C(NC(=O)CC2CCOC2)C(=O)Cc2ccc([Si](C)(C)C)cc2)cc1. The van der Waals surface area contributed by atoms with Gasteiger partial charge in [-0.2, -0.15) is 0 Å². The van der Waals surface area contributed by atoms with Crippen molar-refractivity contribution in [2.24, 2.45) is 5.92 Å². The fraction of sp³-hybridized carbons (Fsp3) is 0.440. The molecule has 1 N–H and O–H groups in total. The highest BCUT2D eigenvalue weighted by molar-refractivity contribution is 6.88. The minimum atomic E-state index is -1.38. The van der Waals surface area contributed by atoms with Crippen LogP contribution in [0.5, 0.6) is 5.75 Å². The third-order valence-corrected chi connectivity index (χ3v) is 7.84. The summed E-state index contributed by atoms with van der Waals surface area (Å²) in [6.45, 7) is 8.22. The van der Waals surface area contributed by atoms with Crippen molar-refractivity contribution in [3.8, 4) is 5.75 Å². The first-order valence-electron chi connectivity index (χ1n) is 10.9. The van der Waals surface area contributed by atoms with Crippen LogP contribution in [0, 0.1) is 5.92 Å². The number of amides is 1. The van der Waals surface area contributed by atoms with E-state index < -0.39 is 14.1 Å². The van der Waals surface area contributed by atoms with E-state index in [9.17, 15) is 9.59 Å². The lowest BCUT2D eigenvalue weighted by Crippen LogP contribution is -2.37. The first-order valence-corrected chi connectivity index (χ1v) is 14.4. The highest BCUT2D eigenvalue weighted by Gasteiger charge is 2.26. The molecule has 1 saturated heterocycles.